The van der Waals surface area contributed by atoms with Crippen molar-refractivity contribution in [3.63, 3.8) is 0 Å². The van der Waals surface area contributed by atoms with E-state index in [0.717, 1.165) is 10.5 Å². The Morgan fingerprint density at radius 2 is 1.68 bits per heavy atom. The molecule has 1 saturated heterocycles. The Morgan fingerprint density at radius 3 is 2.32 bits per heavy atom. The second-order valence-corrected chi connectivity index (χ2v) is 8.82. The number of nitrogens with one attached hydrogen (secondary N) is 1. The van der Waals surface area contributed by atoms with Crippen molar-refractivity contribution in [3.8, 4) is 11.5 Å². The highest BCUT2D eigenvalue weighted by Gasteiger charge is 2.33. The van der Waals surface area contributed by atoms with Gasteiger partial charge in [0.25, 0.3) is 11.6 Å². The molecule has 0 saturated carbocycles. The van der Waals surface area contributed by atoms with Crippen LogP contribution in [0.15, 0.2) is 66.4 Å². The molecule has 1 heterocycles. The summed E-state index contributed by atoms with van der Waals surface area (Å²) in [5.41, 5.74) is 2.06. The van der Waals surface area contributed by atoms with Crippen molar-refractivity contribution in [2.75, 3.05) is 6.61 Å². The van der Waals surface area contributed by atoms with Crippen LogP contribution < -0.4 is 14.8 Å². The Morgan fingerprint density at radius 1 is 1.00 bits per heavy atom. The molecule has 3 aromatic carbocycles. The molecule has 1 fully saturated rings. The second kappa shape index (κ2) is 11.3. The number of hydrogen-bond acceptors (Lipinski definition) is 6. The second-order valence-electron chi connectivity index (χ2n) is 7.98. The molecule has 4 rings (SSSR count). The lowest BCUT2D eigenvalue weighted by molar-refractivity contribution is -0.384. The van der Waals surface area contributed by atoms with Crippen LogP contribution in [0, 0.1) is 10.1 Å². The number of carbonyl (C=O) groups is 2. The fourth-order valence-electron chi connectivity index (χ4n) is 3.60. The van der Waals surface area contributed by atoms with Crippen molar-refractivity contribution in [2.45, 2.75) is 20.1 Å². The maximum absolute atomic E-state index is 12.9. The van der Waals surface area contributed by atoms with E-state index in [1.54, 1.807) is 55.5 Å². The molecule has 1 aliphatic heterocycles. The first-order valence-corrected chi connectivity index (χ1v) is 11.9. The van der Waals surface area contributed by atoms with Crippen molar-refractivity contribution in [3.05, 3.63) is 103 Å². The van der Waals surface area contributed by atoms with E-state index in [2.05, 4.69) is 5.32 Å². The molecule has 0 unspecified atom stereocenters. The van der Waals surface area contributed by atoms with Gasteiger partial charge in [0.2, 0.25) is 0 Å². The van der Waals surface area contributed by atoms with Crippen LogP contribution in [0.2, 0.25) is 10.0 Å². The predicted molar refractivity (Wildman–Crippen MR) is 139 cm³/mol. The standard InChI is InChI=1S/C26H21Cl2N3O6/c1-2-36-23-13-18(11-21(28)24(23)37-15-17-5-9-20(10-6-17)31(34)35)12-22-25(32)30(26(33)29-22)14-16-3-7-19(27)8-4-16/h3-13H,2,14-15H2,1H3,(H,29,33)/b22-12-. The molecule has 1 aliphatic rings. The maximum atomic E-state index is 12.9. The highest BCUT2D eigenvalue weighted by molar-refractivity contribution is 6.32. The molecule has 37 heavy (non-hydrogen) atoms. The van der Waals surface area contributed by atoms with Gasteiger partial charge in [-0.1, -0.05) is 35.3 Å². The number of non-ortho nitro benzene ring substituents is 1. The molecule has 0 spiro atoms. The summed E-state index contributed by atoms with van der Waals surface area (Å²) in [7, 11) is 0. The first-order chi connectivity index (χ1) is 17.7. The average Bonchev–Trinajstić information content (AvgIpc) is 3.12. The van der Waals surface area contributed by atoms with Gasteiger partial charge in [-0.25, -0.2) is 4.79 Å². The Kier molecular flexibility index (Phi) is 7.95. The van der Waals surface area contributed by atoms with Crippen LogP contribution in [0.4, 0.5) is 10.5 Å². The SMILES string of the molecule is CCOc1cc(/C=C2\NC(=O)N(Cc3ccc(Cl)cc3)C2=O)cc(Cl)c1OCc1ccc([N+](=O)[O-])cc1. The Balaban J connectivity index is 1.52. The third kappa shape index (κ3) is 6.19. The van der Waals surface area contributed by atoms with E-state index >= 15 is 0 Å². The molecule has 0 atom stereocenters. The van der Waals surface area contributed by atoms with Crippen LogP contribution in [-0.2, 0) is 17.9 Å². The Labute approximate surface area is 222 Å². The molecule has 9 nitrogen and oxygen atoms in total. The first kappa shape index (κ1) is 26.0. The number of rotatable bonds is 9. The summed E-state index contributed by atoms with van der Waals surface area (Å²) in [6.45, 7) is 2.33. The zero-order valence-electron chi connectivity index (χ0n) is 19.6. The molecule has 190 valence electrons. The van der Waals surface area contributed by atoms with Crippen molar-refractivity contribution in [1.29, 1.82) is 0 Å². The molecule has 0 radical (unpaired) electrons. The van der Waals surface area contributed by atoms with Crippen molar-refractivity contribution in [2.24, 2.45) is 0 Å². The van der Waals surface area contributed by atoms with E-state index in [1.165, 1.54) is 18.2 Å². The third-order valence-electron chi connectivity index (χ3n) is 5.39. The van der Waals surface area contributed by atoms with Crippen LogP contribution in [0.5, 0.6) is 11.5 Å². The van der Waals surface area contributed by atoms with Gasteiger partial charge in [-0.15, -0.1) is 0 Å². The van der Waals surface area contributed by atoms with Gasteiger partial charge in [0.15, 0.2) is 11.5 Å². The number of hydrogen-bond donors (Lipinski definition) is 1. The monoisotopic (exact) mass is 541 g/mol. The molecule has 3 aromatic rings. The number of nitro groups is 1. The van der Waals surface area contributed by atoms with Gasteiger partial charge < -0.3 is 14.8 Å². The van der Waals surface area contributed by atoms with Gasteiger partial charge in [0.05, 0.1) is 23.1 Å². The molecule has 3 amide bonds. The van der Waals surface area contributed by atoms with Gasteiger partial charge in [-0.3, -0.25) is 19.8 Å². The van der Waals surface area contributed by atoms with Crippen molar-refractivity contribution >= 4 is 46.9 Å². The van der Waals surface area contributed by atoms with Gasteiger partial charge in [0.1, 0.15) is 12.3 Å². The number of imide groups is 1. The van der Waals surface area contributed by atoms with Crippen molar-refractivity contribution < 1.29 is 24.0 Å². The highest BCUT2D eigenvalue weighted by atomic mass is 35.5. The zero-order valence-corrected chi connectivity index (χ0v) is 21.1. The number of benzene rings is 3. The van der Waals surface area contributed by atoms with Crippen LogP contribution in [-0.4, -0.2) is 28.4 Å². The van der Waals surface area contributed by atoms with Crippen LogP contribution in [0.3, 0.4) is 0 Å². The summed E-state index contributed by atoms with van der Waals surface area (Å²) in [4.78, 5) is 36.8. The molecule has 1 N–H and O–H groups in total. The fraction of sp³-hybridized carbons (Fsp3) is 0.154. The largest absolute Gasteiger partial charge is 0.490 e. The summed E-state index contributed by atoms with van der Waals surface area (Å²) in [5.74, 6) is 0.154. The van der Waals surface area contributed by atoms with Gasteiger partial charge in [0, 0.05) is 17.2 Å². The molecule has 11 heteroatoms. The number of ether oxygens (including phenoxy) is 2. The fourth-order valence-corrected chi connectivity index (χ4v) is 4.00. The van der Waals surface area contributed by atoms with Crippen molar-refractivity contribution in [1.82, 2.24) is 10.2 Å². The van der Waals surface area contributed by atoms with Crippen LogP contribution >= 0.6 is 23.2 Å². The third-order valence-corrected chi connectivity index (χ3v) is 5.92. The molecular weight excluding hydrogens is 521 g/mol. The number of amides is 3. The minimum atomic E-state index is -0.537. The summed E-state index contributed by atoms with van der Waals surface area (Å²) in [5, 5.41) is 14.2. The maximum Gasteiger partial charge on any atom is 0.329 e. The van der Waals surface area contributed by atoms with Crippen LogP contribution in [0.25, 0.3) is 6.08 Å². The lowest BCUT2D eigenvalue weighted by atomic mass is 10.1. The quantitative estimate of drug-likeness (QED) is 0.154. The van der Waals surface area contributed by atoms with Gasteiger partial charge >= 0.3 is 6.03 Å². The van der Waals surface area contributed by atoms with Gasteiger partial charge in [-0.2, -0.15) is 0 Å². The lowest BCUT2D eigenvalue weighted by Gasteiger charge is -2.15. The Hall–Kier alpha value is -4.08. The minimum absolute atomic E-state index is 0.0190. The molecule has 0 bridgehead atoms. The number of nitro benzene ring substituents is 1. The highest BCUT2D eigenvalue weighted by Crippen LogP contribution is 2.38. The number of nitrogens with zero attached hydrogens (tertiary/aromatic N) is 2. The first-order valence-electron chi connectivity index (χ1n) is 11.2. The smallest absolute Gasteiger partial charge is 0.329 e. The number of urea groups is 1. The molecule has 0 aromatic heterocycles. The predicted octanol–water partition coefficient (Wildman–Crippen LogP) is 5.97. The number of carbonyl (C=O) groups excluding carboxylic acids is 2. The minimum Gasteiger partial charge on any atom is -0.490 e. The van der Waals surface area contributed by atoms with E-state index in [0.29, 0.717) is 28.5 Å². The Bertz CT molecular complexity index is 1370. The van der Waals surface area contributed by atoms with Crippen LogP contribution in [0.1, 0.15) is 23.6 Å². The molecular formula is C26H21Cl2N3O6. The topological polar surface area (TPSA) is 111 Å². The summed E-state index contributed by atoms with van der Waals surface area (Å²) >= 11 is 12.4. The van der Waals surface area contributed by atoms with Gasteiger partial charge in [-0.05, 0) is 66.1 Å². The normalized spacial score (nSPS) is 14.1. The van der Waals surface area contributed by atoms with E-state index in [4.69, 9.17) is 32.7 Å². The van der Waals surface area contributed by atoms with E-state index in [9.17, 15) is 19.7 Å². The lowest BCUT2D eigenvalue weighted by Crippen LogP contribution is -2.30. The van der Waals surface area contributed by atoms with E-state index in [-0.39, 0.29) is 35.3 Å². The summed E-state index contributed by atoms with van der Waals surface area (Å²) in [6, 6.07) is 15.5. The van der Waals surface area contributed by atoms with E-state index < -0.39 is 16.9 Å². The molecule has 0 aliphatic carbocycles. The number of halogens is 2. The van der Waals surface area contributed by atoms with E-state index in [1.807, 2.05) is 0 Å². The average molecular weight is 542 g/mol. The summed E-state index contributed by atoms with van der Waals surface area (Å²) in [6.07, 6.45) is 1.51. The zero-order chi connectivity index (χ0) is 26.5. The summed E-state index contributed by atoms with van der Waals surface area (Å²) < 4.78 is 11.6.